The molecule has 3 heterocycles. The van der Waals surface area contributed by atoms with Crippen molar-refractivity contribution in [2.24, 2.45) is 0 Å². The molecule has 0 unspecified atom stereocenters. The van der Waals surface area contributed by atoms with Crippen LogP contribution in [-0.2, 0) is 5.41 Å². The summed E-state index contributed by atoms with van der Waals surface area (Å²) in [5.41, 5.74) is 11.5. The van der Waals surface area contributed by atoms with Gasteiger partial charge in [-0.1, -0.05) is 158 Å². The molecule has 59 heavy (non-hydrogen) atoms. The van der Waals surface area contributed by atoms with Gasteiger partial charge in [-0.05, 0) is 69.8 Å². The minimum Gasteiger partial charge on any atom is -0.435 e. The van der Waals surface area contributed by atoms with Crippen molar-refractivity contribution in [3.8, 4) is 56.5 Å². The first kappa shape index (κ1) is 33.6. The van der Waals surface area contributed by atoms with E-state index in [4.69, 9.17) is 24.4 Å². The molecule has 12 rings (SSSR count). The summed E-state index contributed by atoms with van der Waals surface area (Å²) in [5.74, 6) is 2.56. The molecule has 0 amide bonds. The minimum absolute atomic E-state index is 0.609. The number of benzene rings is 8. The fourth-order valence-corrected chi connectivity index (χ4v) is 10.2. The Hall–Kier alpha value is -7.54. The van der Waals surface area contributed by atoms with Crippen molar-refractivity contribution in [2.75, 3.05) is 0 Å². The first-order chi connectivity index (χ1) is 29.2. The summed E-state index contributed by atoms with van der Waals surface area (Å²) in [7, 11) is 0. The first-order valence-corrected chi connectivity index (χ1v) is 20.5. The van der Waals surface area contributed by atoms with Crippen molar-refractivity contribution in [1.82, 2.24) is 19.9 Å². The molecule has 1 aliphatic rings. The van der Waals surface area contributed by atoms with Crippen LogP contribution in [0.25, 0.3) is 87.8 Å². The lowest BCUT2D eigenvalue weighted by Crippen LogP contribution is -2.31. The molecule has 3 aromatic heterocycles. The largest absolute Gasteiger partial charge is 0.435 e. The van der Waals surface area contributed by atoms with Gasteiger partial charge in [0, 0.05) is 42.4 Å². The lowest BCUT2D eigenvalue weighted by Gasteiger charge is -2.32. The van der Waals surface area contributed by atoms with Crippen LogP contribution >= 0.6 is 11.3 Å². The molecule has 0 saturated carbocycles. The standard InChI is InChI=1S/C53H32N4OS/c1-4-16-33(17-5-1)49-55-50(57-52(56-49)53(36-20-8-3-9-21-36)42-26-12-10-22-38(42)39-23-11-13-27-43(39)53)40-25-15-29-46-47(40)41-32-35(30-31-45(41)59-46)37-24-14-28-44-48(37)58-51(54-44)34-18-6-2-7-19-34/h1-32H. The number of nitrogens with zero attached hydrogens (tertiary/aromatic N) is 4. The number of aromatic nitrogens is 4. The summed E-state index contributed by atoms with van der Waals surface area (Å²) < 4.78 is 8.84. The van der Waals surface area contributed by atoms with E-state index < -0.39 is 5.41 Å². The van der Waals surface area contributed by atoms with Gasteiger partial charge < -0.3 is 4.42 Å². The Morgan fingerprint density at radius 3 is 1.78 bits per heavy atom. The number of rotatable bonds is 6. The van der Waals surface area contributed by atoms with Crippen molar-refractivity contribution < 1.29 is 4.42 Å². The molecule has 5 nitrogen and oxygen atoms in total. The second kappa shape index (κ2) is 13.3. The lowest BCUT2D eigenvalue weighted by atomic mass is 9.71. The van der Waals surface area contributed by atoms with Crippen LogP contribution in [0.3, 0.4) is 0 Å². The summed E-state index contributed by atoms with van der Waals surface area (Å²) in [6, 6.07) is 67.8. The van der Waals surface area contributed by atoms with Crippen LogP contribution < -0.4 is 0 Å². The van der Waals surface area contributed by atoms with E-state index in [1.807, 2.05) is 54.6 Å². The van der Waals surface area contributed by atoms with Crippen molar-refractivity contribution in [3.05, 3.63) is 217 Å². The Morgan fingerprint density at radius 1 is 0.424 bits per heavy atom. The lowest BCUT2D eigenvalue weighted by molar-refractivity contribution is 0.621. The summed E-state index contributed by atoms with van der Waals surface area (Å²) in [6.45, 7) is 0. The van der Waals surface area contributed by atoms with Crippen molar-refractivity contribution >= 4 is 42.6 Å². The van der Waals surface area contributed by atoms with E-state index in [1.54, 1.807) is 11.3 Å². The first-order valence-electron chi connectivity index (χ1n) is 19.7. The van der Waals surface area contributed by atoms with E-state index in [-0.39, 0.29) is 0 Å². The average Bonchev–Trinajstić information content (AvgIpc) is 4.01. The maximum atomic E-state index is 6.49. The molecule has 0 spiro atoms. The quantitative estimate of drug-likeness (QED) is 0.168. The Morgan fingerprint density at radius 2 is 1.03 bits per heavy atom. The van der Waals surface area contributed by atoms with Crippen LogP contribution in [0.15, 0.2) is 199 Å². The summed E-state index contributed by atoms with van der Waals surface area (Å²) in [5, 5.41) is 2.25. The number of hydrogen-bond acceptors (Lipinski definition) is 6. The predicted molar refractivity (Wildman–Crippen MR) is 239 cm³/mol. The molecule has 0 saturated heterocycles. The van der Waals surface area contributed by atoms with E-state index in [2.05, 4.69) is 140 Å². The van der Waals surface area contributed by atoms with Gasteiger partial charge in [0.1, 0.15) is 10.9 Å². The van der Waals surface area contributed by atoms with Gasteiger partial charge in [-0.3, -0.25) is 0 Å². The highest BCUT2D eigenvalue weighted by atomic mass is 32.1. The van der Waals surface area contributed by atoms with Gasteiger partial charge >= 0.3 is 0 Å². The van der Waals surface area contributed by atoms with E-state index in [0.29, 0.717) is 23.4 Å². The van der Waals surface area contributed by atoms with E-state index >= 15 is 0 Å². The van der Waals surface area contributed by atoms with Crippen LogP contribution in [0.1, 0.15) is 22.5 Å². The van der Waals surface area contributed by atoms with Gasteiger partial charge in [0.2, 0.25) is 5.89 Å². The molecule has 1 aliphatic carbocycles. The van der Waals surface area contributed by atoms with Gasteiger partial charge in [0.25, 0.3) is 0 Å². The van der Waals surface area contributed by atoms with Crippen molar-refractivity contribution in [3.63, 3.8) is 0 Å². The second-order valence-electron chi connectivity index (χ2n) is 14.9. The average molecular weight is 773 g/mol. The van der Waals surface area contributed by atoms with Gasteiger partial charge in [0.05, 0.1) is 0 Å². The topological polar surface area (TPSA) is 64.7 Å². The number of oxazole rings is 1. The molecule has 11 aromatic rings. The zero-order valence-electron chi connectivity index (χ0n) is 31.6. The smallest absolute Gasteiger partial charge is 0.227 e. The molecule has 0 atom stereocenters. The number of fused-ring (bicyclic) bond motifs is 7. The Balaban J connectivity index is 1.11. The minimum atomic E-state index is -0.790. The second-order valence-corrected chi connectivity index (χ2v) is 16.0. The molecule has 0 aliphatic heterocycles. The fraction of sp³-hybridized carbons (Fsp3) is 0.0189. The molecule has 276 valence electrons. The predicted octanol–water partition coefficient (Wildman–Crippen LogP) is 13.4. The number of para-hydroxylation sites is 1. The summed E-state index contributed by atoms with van der Waals surface area (Å²) in [4.78, 5) is 21.3. The van der Waals surface area contributed by atoms with E-state index in [1.165, 1.54) is 15.8 Å². The molecule has 8 aromatic carbocycles. The van der Waals surface area contributed by atoms with E-state index in [0.717, 1.165) is 71.1 Å². The SMILES string of the molecule is c1ccc(-c2nc(-c3cccc4sc5ccc(-c6cccc7nc(-c8ccccc8)oc67)cc5c34)nc(C3(c4ccccc4)c4ccccc4-c4ccccc43)n2)cc1. The van der Waals surface area contributed by atoms with Crippen LogP contribution in [0.2, 0.25) is 0 Å². The molecule has 0 radical (unpaired) electrons. The molecule has 0 bridgehead atoms. The molecule has 0 N–H and O–H groups in total. The monoisotopic (exact) mass is 772 g/mol. The normalized spacial score (nSPS) is 12.9. The third-order valence-electron chi connectivity index (χ3n) is 11.6. The maximum absolute atomic E-state index is 6.49. The van der Waals surface area contributed by atoms with Gasteiger partial charge in [0.15, 0.2) is 23.1 Å². The zero-order valence-corrected chi connectivity index (χ0v) is 32.4. The van der Waals surface area contributed by atoms with Crippen molar-refractivity contribution in [2.45, 2.75) is 5.41 Å². The van der Waals surface area contributed by atoms with Gasteiger partial charge in [-0.2, -0.15) is 0 Å². The Bertz CT molecular complexity index is 3350. The van der Waals surface area contributed by atoms with Crippen LogP contribution in [0, 0.1) is 0 Å². The number of hydrogen-bond donors (Lipinski definition) is 0. The number of thiophene rings is 1. The zero-order chi connectivity index (χ0) is 38.9. The highest BCUT2D eigenvalue weighted by Crippen LogP contribution is 2.55. The van der Waals surface area contributed by atoms with Crippen LogP contribution in [0.4, 0.5) is 0 Å². The highest BCUT2D eigenvalue weighted by molar-refractivity contribution is 7.26. The van der Waals surface area contributed by atoms with Crippen LogP contribution in [0.5, 0.6) is 0 Å². The van der Waals surface area contributed by atoms with E-state index in [9.17, 15) is 0 Å². The summed E-state index contributed by atoms with van der Waals surface area (Å²) >= 11 is 1.78. The third kappa shape index (κ3) is 5.17. The maximum Gasteiger partial charge on any atom is 0.227 e. The summed E-state index contributed by atoms with van der Waals surface area (Å²) in [6.07, 6.45) is 0. The van der Waals surface area contributed by atoms with Crippen molar-refractivity contribution in [1.29, 1.82) is 0 Å². The molecule has 6 heteroatoms. The fourth-order valence-electron chi connectivity index (χ4n) is 9.05. The van der Waals surface area contributed by atoms with Crippen LogP contribution in [-0.4, -0.2) is 19.9 Å². The molecular weight excluding hydrogens is 741 g/mol. The molecular formula is C53H32N4OS. The highest BCUT2D eigenvalue weighted by Gasteiger charge is 2.48. The third-order valence-corrected chi connectivity index (χ3v) is 12.8. The Kier molecular flexibility index (Phi) is 7.55. The van der Waals surface area contributed by atoms with Gasteiger partial charge in [-0.15, -0.1) is 11.3 Å². The van der Waals surface area contributed by atoms with Gasteiger partial charge in [-0.25, -0.2) is 19.9 Å². The molecule has 0 fully saturated rings. The Labute approximate surface area is 344 Å².